The second kappa shape index (κ2) is 39.6. The fraction of sp³-hybridized carbons (Fsp3) is 0.933. The summed E-state index contributed by atoms with van der Waals surface area (Å²) in [6.07, 6.45) is 38.3. The van der Waals surface area contributed by atoms with E-state index in [1.165, 1.54) is 135 Å². The van der Waals surface area contributed by atoms with Gasteiger partial charge in [0.15, 0.2) is 6.10 Å². The Labute approximate surface area is 317 Å². The zero-order valence-electron chi connectivity index (χ0n) is 34.6. The number of carbonyl (C=O) groups excluding carboxylic acids is 3. The fourth-order valence-electron chi connectivity index (χ4n) is 6.59. The maximum absolute atomic E-state index is 12.5. The zero-order chi connectivity index (χ0) is 37.5. The molecule has 0 rings (SSSR count). The Morgan fingerprint density at radius 1 is 0.392 bits per heavy atom. The Balaban J connectivity index is 4.09. The van der Waals surface area contributed by atoms with Gasteiger partial charge < -0.3 is 14.2 Å². The van der Waals surface area contributed by atoms with Crippen LogP contribution in [0.4, 0.5) is 0 Å². The highest BCUT2D eigenvalue weighted by molar-refractivity contribution is 5.71. The van der Waals surface area contributed by atoms with Gasteiger partial charge >= 0.3 is 17.9 Å². The largest absolute Gasteiger partial charge is 0.462 e. The summed E-state index contributed by atoms with van der Waals surface area (Å²) in [7, 11) is 0. The van der Waals surface area contributed by atoms with Crippen molar-refractivity contribution in [2.24, 2.45) is 5.92 Å². The first-order valence-electron chi connectivity index (χ1n) is 22.4. The van der Waals surface area contributed by atoms with E-state index in [0.29, 0.717) is 19.3 Å². The molecule has 6 nitrogen and oxygen atoms in total. The van der Waals surface area contributed by atoms with Gasteiger partial charge in [0.05, 0.1) is 0 Å². The first-order valence-corrected chi connectivity index (χ1v) is 22.4. The molecule has 1 unspecified atom stereocenters. The van der Waals surface area contributed by atoms with Crippen molar-refractivity contribution in [2.75, 3.05) is 13.2 Å². The number of rotatable bonds is 40. The molecule has 0 aromatic heterocycles. The summed E-state index contributed by atoms with van der Waals surface area (Å²) in [6.45, 7) is 8.94. The third-order valence-corrected chi connectivity index (χ3v) is 10.4. The summed E-state index contributed by atoms with van der Waals surface area (Å²) in [6, 6.07) is 0. The average molecular weight is 723 g/mol. The number of esters is 3. The second-order valence-electron chi connectivity index (χ2n) is 15.6. The van der Waals surface area contributed by atoms with E-state index < -0.39 is 6.10 Å². The molecular formula is C45H86O6. The van der Waals surface area contributed by atoms with Gasteiger partial charge in [-0.2, -0.15) is 0 Å². The topological polar surface area (TPSA) is 78.9 Å². The Hall–Kier alpha value is -1.59. The van der Waals surface area contributed by atoms with E-state index in [9.17, 15) is 14.4 Å². The van der Waals surface area contributed by atoms with Gasteiger partial charge in [-0.1, -0.05) is 207 Å². The minimum Gasteiger partial charge on any atom is -0.462 e. The monoisotopic (exact) mass is 723 g/mol. The van der Waals surface area contributed by atoms with Gasteiger partial charge in [-0.3, -0.25) is 14.4 Å². The van der Waals surface area contributed by atoms with E-state index in [1.54, 1.807) is 0 Å². The van der Waals surface area contributed by atoms with Gasteiger partial charge in [0.25, 0.3) is 0 Å². The molecule has 0 amide bonds. The molecule has 0 N–H and O–H groups in total. The molecule has 2 atom stereocenters. The molecule has 0 aliphatic carbocycles. The van der Waals surface area contributed by atoms with E-state index in [1.807, 2.05) is 0 Å². The normalized spacial score (nSPS) is 12.5. The molecule has 0 saturated heterocycles. The van der Waals surface area contributed by atoms with Crippen molar-refractivity contribution >= 4 is 17.9 Å². The zero-order valence-corrected chi connectivity index (χ0v) is 34.6. The lowest BCUT2D eigenvalue weighted by Crippen LogP contribution is -2.30. The van der Waals surface area contributed by atoms with Crippen molar-refractivity contribution in [1.29, 1.82) is 0 Å². The van der Waals surface area contributed by atoms with Crippen LogP contribution in [0.5, 0.6) is 0 Å². The predicted molar refractivity (Wildman–Crippen MR) is 215 cm³/mol. The van der Waals surface area contributed by atoms with Gasteiger partial charge in [0.1, 0.15) is 13.2 Å². The summed E-state index contributed by atoms with van der Waals surface area (Å²) in [4.78, 5) is 37.4. The Bertz CT molecular complexity index is 768. The summed E-state index contributed by atoms with van der Waals surface area (Å²) in [5, 5.41) is 0. The van der Waals surface area contributed by atoms with Crippen molar-refractivity contribution in [3.63, 3.8) is 0 Å². The van der Waals surface area contributed by atoms with Crippen molar-refractivity contribution in [3.05, 3.63) is 0 Å². The van der Waals surface area contributed by atoms with Gasteiger partial charge in [-0.15, -0.1) is 0 Å². The summed E-state index contributed by atoms with van der Waals surface area (Å²) in [5.41, 5.74) is 0. The van der Waals surface area contributed by atoms with Crippen molar-refractivity contribution in [2.45, 2.75) is 252 Å². The molecule has 302 valence electrons. The van der Waals surface area contributed by atoms with Crippen LogP contribution >= 0.6 is 0 Å². The van der Waals surface area contributed by atoms with Gasteiger partial charge in [0.2, 0.25) is 0 Å². The van der Waals surface area contributed by atoms with E-state index in [0.717, 1.165) is 70.1 Å². The first kappa shape index (κ1) is 49.4. The molecule has 0 fully saturated rings. The number of carbonyl (C=O) groups is 3. The molecule has 0 aliphatic rings. The smallest absolute Gasteiger partial charge is 0.306 e. The molecule has 6 heteroatoms. The average Bonchev–Trinajstić information content (AvgIpc) is 3.13. The maximum atomic E-state index is 12.5. The standard InChI is InChI=1S/C45H86O6/c1-5-8-10-12-13-14-22-25-29-32-36-43(46)49-39-42(51-45(48)38-34-27-11-9-6-2)40-50-44(47)37-33-30-26-23-20-18-16-15-17-19-21-24-28-31-35-41(4)7-3/h41-42H,5-40H2,1-4H3/t41?,42-/m1/s1. The van der Waals surface area contributed by atoms with Gasteiger partial charge in [-0.05, 0) is 25.2 Å². The van der Waals surface area contributed by atoms with E-state index >= 15 is 0 Å². The quantitative estimate of drug-likeness (QED) is 0.0356. The third kappa shape index (κ3) is 38.0. The summed E-state index contributed by atoms with van der Waals surface area (Å²) in [5.74, 6) is 0.0244. The lowest BCUT2D eigenvalue weighted by Gasteiger charge is -2.18. The summed E-state index contributed by atoms with van der Waals surface area (Å²) < 4.78 is 16.6. The van der Waals surface area contributed by atoms with Crippen molar-refractivity contribution in [3.8, 4) is 0 Å². The Morgan fingerprint density at radius 3 is 1.02 bits per heavy atom. The Morgan fingerprint density at radius 2 is 0.686 bits per heavy atom. The molecular weight excluding hydrogens is 636 g/mol. The van der Waals surface area contributed by atoms with E-state index in [2.05, 4.69) is 27.7 Å². The molecule has 0 aromatic rings. The fourth-order valence-corrected chi connectivity index (χ4v) is 6.59. The molecule has 0 spiro atoms. The minimum atomic E-state index is -0.756. The maximum Gasteiger partial charge on any atom is 0.306 e. The number of hydrogen-bond donors (Lipinski definition) is 0. The number of ether oxygens (including phenoxy) is 3. The summed E-state index contributed by atoms with van der Waals surface area (Å²) >= 11 is 0. The highest BCUT2D eigenvalue weighted by atomic mass is 16.6. The highest BCUT2D eigenvalue weighted by Gasteiger charge is 2.19. The molecule has 0 heterocycles. The van der Waals surface area contributed by atoms with Crippen LogP contribution in [0.3, 0.4) is 0 Å². The lowest BCUT2D eigenvalue weighted by molar-refractivity contribution is -0.167. The van der Waals surface area contributed by atoms with Crippen LogP contribution in [-0.2, 0) is 28.6 Å². The van der Waals surface area contributed by atoms with E-state index in [-0.39, 0.29) is 31.1 Å². The number of hydrogen-bond acceptors (Lipinski definition) is 6. The molecule has 0 aliphatic heterocycles. The van der Waals surface area contributed by atoms with Crippen LogP contribution in [0, 0.1) is 5.92 Å². The molecule has 0 radical (unpaired) electrons. The van der Waals surface area contributed by atoms with Gasteiger partial charge in [-0.25, -0.2) is 0 Å². The van der Waals surface area contributed by atoms with Crippen LogP contribution in [0.1, 0.15) is 246 Å². The van der Waals surface area contributed by atoms with E-state index in [4.69, 9.17) is 14.2 Å². The Kier molecular flexibility index (Phi) is 38.4. The van der Waals surface area contributed by atoms with Crippen molar-refractivity contribution < 1.29 is 28.6 Å². The number of unbranched alkanes of at least 4 members (excludes halogenated alkanes) is 26. The van der Waals surface area contributed by atoms with Gasteiger partial charge in [0, 0.05) is 19.3 Å². The first-order chi connectivity index (χ1) is 24.9. The molecule has 0 saturated carbocycles. The van der Waals surface area contributed by atoms with Crippen LogP contribution in [-0.4, -0.2) is 37.2 Å². The van der Waals surface area contributed by atoms with Crippen LogP contribution in [0.2, 0.25) is 0 Å². The van der Waals surface area contributed by atoms with Crippen LogP contribution in [0.15, 0.2) is 0 Å². The lowest BCUT2D eigenvalue weighted by atomic mass is 9.99. The van der Waals surface area contributed by atoms with Crippen LogP contribution < -0.4 is 0 Å². The SMILES string of the molecule is CCCCCCCCCCCCC(=O)OC[C@H](COC(=O)CCCCCCCCCCCCCCCCC(C)CC)OC(=O)CCCCCCC. The molecule has 0 aromatic carbocycles. The second-order valence-corrected chi connectivity index (χ2v) is 15.6. The van der Waals surface area contributed by atoms with Crippen LogP contribution in [0.25, 0.3) is 0 Å². The molecule has 0 bridgehead atoms. The minimum absolute atomic E-state index is 0.0653. The highest BCUT2D eigenvalue weighted by Crippen LogP contribution is 2.17. The van der Waals surface area contributed by atoms with Crippen molar-refractivity contribution in [1.82, 2.24) is 0 Å². The third-order valence-electron chi connectivity index (χ3n) is 10.4. The predicted octanol–water partition coefficient (Wildman–Crippen LogP) is 13.9. The molecule has 51 heavy (non-hydrogen) atoms.